The standard InChI is InChI=1S/C23H20F3N5O3/c1-22(2,34-14-10-8-13(9-11-14)17-12-18(20(32)33)28-27-17)21-30-29-19(31(21)3)15-6-4-5-7-16(15)23(24,25)26/h4-12H,1-3H3,(H,27,28)(H,32,33). The van der Waals surface area contributed by atoms with Crippen LogP contribution in [0.3, 0.4) is 0 Å². The van der Waals surface area contributed by atoms with Gasteiger partial charge in [-0.2, -0.15) is 18.3 Å². The average Bonchev–Trinajstić information content (AvgIpc) is 3.41. The van der Waals surface area contributed by atoms with Crippen molar-refractivity contribution in [1.29, 1.82) is 0 Å². The van der Waals surface area contributed by atoms with E-state index in [2.05, 4.69) is 20.4 Å². The molecule has 2 N–H and O–H groups in total. The van der Waals surface area contributed by atoms with Gasteiger partial charge in [-0.25, -0.2) is 4.79 Å². The van der Waals surface area contributed by atoms with E-state index in [0.717, 1.165) is 6.07 Å². The number of hydrogen-bond donors (Lipinski definition) is 2. The number of aromatic amines is 1. The largest absolute Gasteiger partial charge is 0.480 e. The molecule has 0 spiro atoms. The lowest BCUT2D eigenvalue weighted by molar-refractivity contribution is -0.137. The molecule has 0 bridgehead atoms. The maximum atomic E-state index is 13.5. The molecule has 176 valence electrons. The molecule has 2 aromatic heterocycles. The molecule has 0 saturated carbocycles. The van der Waals surface area contributed by atoms with Crippen LogP contribution in [0.5, 0.6) is 5.75 Å². The number of carboxylic acid groups (broad SMARTS) is 1. The van der Waals surface area contributed by atoms with Gasteiger partial charge in [-0.3, -0.25) is 5.10 Å². The van der Waals surface area contributed by atoms with E-state index in [0.29, 0.717) is 22.8 Å². The van der Waals surface area contributed by atoms with Crippen molar-refractivity contribution in [2.75, 3.05) is 0 Å². The molecule has 0 aliphatic carbocycles. The Balaban J connectivity index is 1.59. The summed E-state index contributed by atoms with van der Waals surface area (Å²) in [7, 11) is 1.59. The fourth-order valence-electron chi connectivity index (χ4n) is 3.63. The molecular weight excluding hydrogens is 451 g/mol. The number of carboxylic acids is 1. The lowest BCUT2D eigenvalue weighted by atomic mass is 10.1. The second-order valence-corrected chi connectivity index (χ2v) is 8.06. The summed E-state index contributed by atoms with van der Waals surface area (Å²) in [6.07, 6.45) is -4.53. The summed E-state index contributed by atoms with van der Waals surface area (Å²) >= 11 is 0. The van der Waals surface area contributed by atoms with Crippen LogP contribution in [0.25, 0.3) is 22.6 Å². The van der Waals surface area contributed by atoms with Crippen molar-refractivity contribution in [3.05, 3.63) is 71.7 Å². The van der Waals surface area contributed by atoms with Gasteiger partial charge in [-0.15, -0.1) is 10.2 Å². The monoisotopic (exact) mass is 471 g/mol. The lowest BCUT2D eigenvalue weighted by Gasteiger charge is -2.25. The van der Waals surface area contributed by atoms with Crippen LogP contribution in [0, 0.1) is 0 Å². The fraction of sp³-hybridized carbons (Fsp3) is 0.217. The Kier molecular flexibility index (Phi) is 5.64. The summed E-state index contributed by atoms with van der Waals surface area (Å²) in [4.78, 5) is 11.0. The molecule has 8 nitrogen and oxygen atoms in total. The minimum Gasteiger partial charge on any atom is -0.480 e. The smallest absolute Gasteiger partial charge is 0.417 e. The summed E-state index contributed by atoms with van der Waals surface area (Å²) in [6.45, 7) is 3.47. The van der Waals surface area contributed by atoms with E-state index in [4.69, 9.17) is 9.84 Å². The lowest BCUT2D eigenvalue weighted by Crippen LogP contribution is -2.29. The van der Waals surface area contributed by atoms with Crippen LogP contribution in [-0.4, -0.2) is 36.0 Å². The van der Waals surface area contributed by atoms with Gasteiger partial charge in [0, 0.05) is 18.2 Å². The normalized spacial score (nSPS) is 12.1. The van der Waals surface area contributed by atoms with Crippen LogP contribution >= 0.6 is 0 Å². The van der Waals surface area contributed by atoms with Gasteiger partial charge in [0.15, 0.2) is 17.2 Å². The van der Waals surface area contributed by atoms with Crippen molar-refractivity contribution < 1.29 is 27.8 Å². The number of nitrogens with one attached hydrogen (secondary N) is 1. The summed E-state index contributed by atoms with van der Waals surface area (Å²) in [5.41, 5.74) is -0.783. The first kappa shape index (κ1) is 23.0. The first-order chi connectivity index (χ1) is 16.0. The highest BCUT2D eigenvalue weighted by Crippen LogP contribution is 2.37. The minimum atomic E-state index is -4.53. The van der Waals surface area contributed by atoms with Gasteiger partial charge < -0.3 is 14.4 Å². The molecule has 2 aromatic carbocycles. The van der Waals surface area contributed by atoms with Gasteiger partial charge in [0.05, 0.1) is 11.3 Å². The Morgan fingerprint density at radius 3 is 2.35 bits per heavy atom. The Labute approximate surface area is 192 Å². The number of benzene rings is 2. The van der Waals surface area contributed by atoms with Gasteiger partial charge in [-0.05, 0) is 50.2 Å². The van der Waals surface area contributed by atoms with Crippen molar-refractivity contribution in [2.24, 2.45) is 7.05 Å². The van der Waals surface area contributed by atoms with E-state index in [9.17, 15) is 18.0 Å². The molecular formula is C23H20F3N5O3. The molecule has 0 amide bonds. The second kappa shape index (κ2) is 8.32. The van der Waals surface area contributed by atoms with E-state index in [-0.39, 0.29) is 17.1 Å². The number of halogens is 3. The molecule has 0 fully saturated rings. The number of ether oxygens (including phenoxy) is 1. The van der Waals surface area contributed by atoms with Crippen LogP contribution in [0.15, 0.2) is 54.6 Å². The molecule has 0 aliphatic heterocycles. The molecule has 0 aliphatic rings. The Hall–Kier alpha value is -4.15. The highest BCUT2D eigenvalue weighted by Gasteiger charge is 2.36. The van der Waals surface area contributed by atoms with E-state index in [1.807, 2.05) is 0 Å². The highest BCUT2D eigenvalue weighted by molar-refractivity contribution is 5.86. The summed E-state index contributed by atoms with van der Waals surface area (Å²) in [5, 5.41) is 23.6. The topological polar surface area (TPSA) is 106 Å². The van der Waals surface area contributed by atoms with Crippen LogP contribution < -0.4 is 4.74 Å². The molecule has 0 radical (unpaired) electrons. The average molecular weight is 471 g/mol. The third-order valence-electron chi connectivity index (χ3n) is 5.22. The minimum absolute atomic E-state index is 0.0263. The molecule has 0 atom stereocenters. The first-order valence-electron chi connectivity index (χ1n) is 10.1. The number of aromatic carboxylic acids is 1. The zero-order chi connectivity index (χ0) is 24.7. The number of hydrogen-bond acceptors (Lipinski definition) is 5. The van der Waals surface area contributed by atoms with Gasteiger partial charge in [0.25, 0.3) is 0 Å². The number of H-pyrrole nitrogens is 1. The van der Waals surface area contributed by atoms with E-state index < -0.39 is 23.3 Å². The number of aromatic nitrogens is 5. The van der Waals surface area contributed by atoms with E-state index >= 15 is 0 Å². The fourth-order valence-corrected chi connectivity index (χ4v) is 3.63. The van der Waals surface area contributed by atoms with Gasteiger partial charge in [-0.1, -0.05) is 18.2 Å². The zero-order valence-corrected chi connectivity index (χ0v) is 18.4. The van der Waals surface area contributed by atoms with Gasteiger partial charge in [0.1, 0.15) is 11.4 Å². The van der Waals surface area contributed by atoms with Gasteiger partial charge >= 0.3 is 12.1 Å². The zero-order valence-electron chi connectivity index (χ0n) is 18.4. The number of alkyl halides is 3. The molecule has 4 rings (SSSR count). The van der Waals surface area contributed by atoms with E-state index in [1.54, 1.807) is 45.2 Å². The van der Waals surface area contributed by atoms with E-state index in [1.165, 1.54) is 28.8 Å². The Bertz CT molecular complexity index is 1340. The molecule has 11 heteroatoms. The van der Waals surface area contributed by atoms with Crippen molar-refractivity contribution in [1.82, 2.24) is 25.0 Å². The van der Waals surface area contributed by atoms with Crippen molar-refractivity contribution >= 4 is 5.97 Å². The van der Waals surface area contributed by atoms with Crippen molar-refractivity contribution in [3.8, 4) is 28.4 Å². The van der Waals surface area contributed by atoms with Crippen LogP contribution in [0.2, 0.25) is 0 Å². The highest BCUT2D eigenvalue weighted by atomic mass is 19.4. The molecule has 0 saturated heterocycles. The Morgan fingerprint density at radius 2 is 1.74 bits per heavy atom. The molecule has 0 unspecified atom stereocenters. The predicted octanol–water partition coefficient (Wildman–Crippen LogP) is 4.90. The third kappa shape index (κ3) is 4.36. The summed E-state index contributed by atoms with van der Waals surface area (Å²) < 4.78 is 48.0. The van der Waals surface area contributed by atoms with Crippen molar-refractivity contribution in [3.63, 3.8) is 0 Å². The molecule has 2 heterocycles. The predicted molar refractivity (Wildman–Crippen MR) is 116 cm³/mol. The maximum absolute atomic E-state index is 13.5. The third-order valence-corrected chi connectivity index (χ3v) is 5.22. The van der Waals surface area contributed by atoms with Crippen LogP contribution in [-0.2, 0) is 18.8 Å². The quantitative estimate of drug-likeness (QED) is 0.414. The number of nitrogens with zero attached hydrogens (tertiary/aromatic N) is 4. The molecule has 4 aromatic rings. The maximum Gasteiger partial charge on any atom is 0.417 e. The molecule has 34 heavy (non-hydrogen) atoms. The Morgan fingerprint density at radius 1 is 1.06 bits per heavy atom. The van der Waals surface area contributed by atoms with Crippen LogP contribution in [0.4, 0.5) is 13.2 Å². The number of carbonyl (C=O) groups is 1. The van der Waals surface area contributed by atoms with Gasteiger partial charge in [0.2, 0.25) is 0 Å². The first-order valence-corrected chi connectivity index (χ1v) is 10.1. The number of rotatable bonds is 6. The van der Waals surface area contributed by atoms with Crippen LogP contribution in [0.1, 0.15) is 35.7 Å². The second-order valence-electron chi connectivity index (χ2n) is 8.06. The SMILES string of the molecule is Cn1c(-c2ccccc2C(F)(F)F)nnc1C(C)(C)Oc1ccc(-c2cc(C(=O)O)[nH]n2)cc1. The summed E-state index contributed by atoms with van der Waals surface area (Å²) in [5.74, 6) is -0.228. The van der Waals surface area contributed by atoms with Crippen molar-refractivity contribution in [2.45, 2.75) is 25.6 Å². The summed E-state index contributed by atoms with van der Waals surface area (Å²) in [6, 6.07) is 13.4.